The second kappa shape index (κ2) is 4.65. The summed E-state index contributed by atoms with van der Waals surface area (Å²) >= 11 is 0. The monoisotopic (exact) mass is 209 g/mol. The molecule has 0 radical (unpaired) electrons. The predicted molar refractivity (Wildman–Crippen MR) is 54.0 cm³/mol. The molecule has 0 fully saturated rings. The molecule has 0 aliphatic carbocycles. The van der Waals surface area contributed by atoms with Gasteiger partial charge in [-0.2, -0.15) is 0 Å². The summed E-state index contributed by atoms with van der Waals surface area (Å²) in [6, 6.07) is 0. The largest absolute Gasteiger partial charge is 0.362 e. The summed E-state index contributed by atoms with van der Waals surface area (Å²) in [6.45, 7) is 4.00. The Balaban J connectivity index is 2.20. The molecule has 2 heterocycles. The van der Waals surface area contributed by atoms with Crippen molar-refractivity contribution >= 4 is 0 Å². The number of hydrogen-bond acceptors (Lipinski definition) is 5. The predicted octanol–water partition coefficient (Wildman–Crippen LogP) is 0.150. The number of nitrogens with one attached hydrogen (secondary N) is 1. The maximum atomic E-state index is 9.56. The minimum Gasteiger partial charge on any atom is -0.362 e. The number of fused-ring (bicyclic) bond motifs is 1. The summed E-state index contributed by atoms with van der Waals surface area (Å²) in [5.74, 6) is 0.359. The number of nitrogens with zero attached hydrogens (tertiary/aromatic N) is 2. The van der Waals surface area contributed by atoms with Crippen LogP contribution in [0.5, 0.6) is 0 Å². The molecule has 0 saturated heterocycles. The van der Waals surface area contributed by atoms with Crippen molar-refractivity contribution < 1.29 is 9.84 Å². The van der Waals surface area contributed by atoms with E-state index in [1.54, 1.807) is 6.20 Å². The van der Waals surface area contributed by atoms with E-state index < -0.39 is 6.29 Å². The third kappa shape index (κ3) is 2.31. The number of aliphatic hydroxyl groups is 1. The van der Waals surface area contributed by atoms with E-state index in [-0.39, 0.29) is 0 Å². The SMILES string of the molecule is CCOC(O)c1ncc2c(n1)CCNC2. The Hall–Kier alpha value is -1.04. The van der Waals surface area contributed by atoms with Crippen LogP contribution >= 0.6 is 0 Å². The number of aromatic nitrogens is 2. The van der Waals surface area contributed by atoms with Gasteiger partial charge in [0.25, 0.3) is 0 Å². The third-order valence-electron chi connectivity index (χ3n) is 2.37. The molecule has 5 nitrogen and oxygen atoms in total. The Labute approximate surface area is 88.5 Å². The van der Waals surface area contributed by atoms with Gasteiger partial charge < -0.3 is 15.2 Å². The van der Waals surface area contributed by atoms with E-state index in [1.807, 2.05) is 6.92 Å². The smallest absolute Gasteiger partial charge is 0.216 e. The van der Waals surface area contributed by atoms with Crippen molar-refractivity contribution in [1.82, 2.24) is 15.3 Å². The molecule has 0 amide bonds. The van der Waals surface area contributed by atoms with Crippen LogP contribution < -0.4 is 5.32 Å². The molecule has 82 valence electrons. The topological polar surface area (TPSA) is 67.3 Å². The average Bonchev–Trinajstić information content (AvgIpc) is 2.29. The van der Waals surface area contributed by atoms with Crippen LogP contribution in [0, 0.1) is 0 Å². The lowest BCUT2D eigenvalue weighted by atomic mass is 10.1. The molecule has 1 atom stereocenters. The van der Waals surface area contributed by atoms with E-state index in [0.717, 1.165) is 30.8 Å². The van der Waals surface area contributed by atoms with Crippen molar-refractivity contribution in [3.05, 3.63) is 23.3 Å². The molecular formula is C10H15N3O2. The molecule has 1 aliphatic heterocycles. The van der Waals surface area contributed by atoms with Crippen LogP contribution in [-0.2, 0) is 17.7 Å². The molecule has 1 aromatic rings. The highest BCUT2D eigenvalue weighted by atomic mass is 16.6. The van der Waals surface area contributed by atoms with Gasteiger partial charge in [-0.1, -0.05) is 0 Å². The van der Waals surface area contributed by atoms with Crippen molar-refractivity contribution in [3.8, 4) is 0 Å². The normalized spacial score (nSPS) is 17.2. The molecule has 0 bridgehead atoms. The summed E-state index contributed by atoms with van der Waals surface area (Å²) < 4.78 is 5.03. The van der Waals surface area contributed by atoms with E-state index >= 15 is 0 Å². The number of hydrogen-bond donors (Lipinski definition) is 2. The lowest BCUT2D eigenvalue weighted by molar-refractivity contribution is -0.104. The summed E-state index contributed by atoms with van der Waals surface area (Å²) in [5.41, 5.74) is 2.12. The van der Waals surface area contributed by atoms with Gasteiger partial charge in [-0.05, 0) is 6.92 Å². The van der Waals surface area contributed by atoms with Crippen LogP contribution in [0.15, 0.2) is 6.20 Å². The highest BCUT2D eigenvalue weighted by Gasteiger charge is 2.15. The molecule has 0 saturated carbocycles. The fourth-order valence-corrected chi connectivity index (χ4v) is 1.60. The average molecular weight is 209 g/mol. The van der Waals surface area contributed by atoms with Gasteiger partial charge in [-0.15, -0.1) is 0 Å². The van der Waals surface area contributed by atoms with Crippen molar-refractivity contribution in [2.75, 3.05) is 13.2 Å². The van der Waals surface area contributed by atoms with Crippen molar-refractivity contribution in [3.63, 3.8) is 0 Å². The molecule has 0 aromatic carbocycles. The second-order valence-electron chi connectivity index (χ2n) is 3.43. The third-order valence-corrected chi connectivity index (χ3v) is 2.37. The van der Waals surface area contributed by atoms with Gasteiger partial charge in [-0.3, -0.25) is 0 Å². The Kier molecular flexibility index (Phi) is 3.25. The maximum absolute atomic E-state index is 9.56. The zero-order valence-corrected chi connectivity index (χ0v) is 8.73. The Morgan fingerprint density at radius 2 is 2.53 bits per heavy atom. The van der Waals surface area contributed by atoms with Crippen molar-refractivity contribution in [2.45, 2.75) is 26.2 Å². The highest BCUT2D eigenvalue weighted by molar-refractivity contribution is 5.20. The van der Waals surface area contributed by atoms with Gasteiger partial charge in [0.1, 0.15) is 0 Å². The maximum Gasteiger partial charge on any atom is 0.216 e. The molecule has 5 heteroatoms. The Morgan fingerprint density at radius 1 is 1.67 bits per heavy atom. The summed E-state index contributed by atoms with van der Waals surface area (Å²) in [7, 11) is 0. The van der Waals surface area contributed by atoms with Crippen molar-refractivity contribution in [2.24, 2.45) is 0 Å². The highest BCUT2D eigenvalue weighted by Crippen LogP contribution is 2.14. The molecule has 0 spiro atoms. The molecule has 2 rings (SSSR count). The molecule has 1 aromatic heterocycles. The first-order chi connectivity index (χ1) is 7.31. The van der Waals surface area contributed by atoms with Gasteiger partial charge in [0.15, 0.2) is 5.82 Å². The van der Waals surface area contributed by atoms with Crippen LogP contribution in [0.1, 0.15) is 30.3 Å². The first-order valence-electron chi connectivity index (χ1n) is 5.16. The zero-order valence-electron chi connectivity index (χ0n) is 8.73. The number of ether oxygens (including phenoxy) is 1. The van der Waals surface area contributed by atoms with Gasteiger partial charge in [0.05, 0.1) is 5.69 Å². The molecule has 15 heavy (non-hydrogen) atoms. The zero-order chi connectivity index (χ0) is 10.7. The lowest BCUT2D eigenvalue weighted by Crippen LogP contribution is -2.25. The van der Waals surface area contributed by atoms with Crippen LogP contribution in [0.2, 0.25) is 0 Å². The van der Waals surface area contributed by atoms with Crippen LogP contribution in [0.4, 0.5) is 0 Å². The number of aliphatic hydroxyl groups excluding tert-OH is 1. The van der Waals surface area contributed by atoms with Crippen molar-refractivity contribution in [1.29, 1.82) is 0 Å². The van der Waals surface area contributed by atoms with E-state index in [0.29, 0.717) is 12.4 Å². The fourth-order valence-electron chi connectivity index (χ4n) is 1.60. The molecule has 2 N–H and O–H groups in total. The first-order valence-corrected chi connectivity index (χ1v) is 5.16. The summed E-state index contributed by atoms with van der Waals surface area (Å²) in [5, 5.41) is 12.8. The fraction of sp³-hybridized carbons (Fsp3) is 0.600. The minimum atomic E-state index is -1.00. The Bertz CT molecular complexity index is 343. The van der Waals surface area contributed by atoms with Gasteiger partial charge in [0, 0.05) is 37.9 Å². The standard InChI is InChI=1S/C10H15N3O2/c1-2-15-10(14)9-12-6-7-5-11-4-3-8(7)13-9/h6,10-11,14H,2-5H2,1H3. The van der Waals surface area contributed by atoms with E-state index in [1.165, 1.54) is 0 Å². The van der Waals surface area contributed by atoms with E-state index in [2.05, 4.69) is 15.3 Å². The summed E-state index contributed by atoms with van der Waals surface area (Å²) in [4.78, 5) is 8.39. The summed E-state index contributed by atoms with van der Waals surface area (Å²) in [6.07, 6.45) is 1.63. The molecular weight excluding hydrogens is 194 g/mol. The van der Waals surface area contributed by atoms with Crippen LogP contribution in [0.3, 0.4) is 0 Å². The second-order valence-corrected chi connectivity index (χ2v) is 3.43. The van der Waals surface area contributed by atoms with Gasteiger partial charge in [-0.25, -0.2) is 9.97 Å². The van der Waals surface area contributed by atoms with Crippen LogP contribution in [0.25, 0.3) is 0 Å². The quantitative estimate of drug-likeness (QED) is 0.694. The van der Waals surface area contributed by atoms with E-state index in [9.17, 15) is 5.11 Å². The van der Waals surface area contributed by atoms with Gasteiger partial charge >= 0.3 is 0 Å². The molecule has 1 aliphatic rings. The Morgan fingerprint density at radius 3 is 3.33 bits per heavy atom. The lowest BCUT2D eigenvalue weighted by Gasteiger charge is -2.17. The minimum absolute atomic E-state index is 0.359. The number of rotatable bonds is 3. The van der Waals surface area contributed by atoms with Crippen LogP contribution in [-0.4, -0.2) is 28.2 Å². The van der Waals surface area contributed by atoms with E-state index in [4.69, 9.17) is 4.74 Å². The first kappa shape index (κ1) is 10.5. The van der Waals surface area contributed by atoms with Gasteiger partial charge in [0.2, 0.25) is 6.29 Å². The molecule has 1 unspecified atom stereocenters.